The fraction of sp³-hybridized carbons (Fsp3) is 0.909. The first-order chi connectivity index (χ1) is 7.90. The van der Waals surface area contributed by atoms with E-state index in [1.165, 1.54) is 13.7 Å². The number of carbonyl (C=O) groups is 1. The predicted octanol–water partition coefficient (Wildman–Crippen LogP) is -1.83. The van der Waals surface area contributed by atoms with Gasteiger partial charge in [-0.05, 0) is 14.0 Å². The van der Waals surface area contributed by atoms with E-state index in [1.54, 1.807) is 4.90 Å². The summed E-state index contributed by atoms with van der Waals surface area (Å²) in [5.74, 6) is 0. The van der Waals surface area contributed by atoms with E-state index in [2.05, 4.69) is 42.3 Å². The Balaban J connectivity index is 0.000000304. The summed E-state index contributed by atoms with van der Waals surface area (Å²) in [6.07, 6.45) is -0.804. The van der Waals surface area contributed by atoms with Crippen molar-refractivity contribution >= 4 is 6.16 Å². The minimum atomic E-state index is -1.51. The van der Waals surface area contributed by atoms with E-state index < -0.39 is 6.16 Å². The zero-order chi connectivity index (χ0) is 13.4. The first-order valence-electron chi connectivity index (χ1n) is 5.77. The molecular weight excluding hydrogens is 224 g/mol. The molecule has 0 aromatic carbocycles. The Morgan fingerprint density at radius 3 is 2.29 bits per heavy atom. The van der Waals surface area contributed by atoms with Gasteiger partial charge < -0.3 is 24.3 Å². The summed E-state index contributed by atoms with van der Waals surface area (Å²) in [6.45, 7) is 6.16. The molecule has 1 fully saturated rings. The summed E-state index contributed by atoms with van der Waals surface area (Å²) in [5, 5.41) is 9.49. The molecule has 0 amide bonds. The Morgan fingerprint density at radius 2 is 2.06 bits per heavy atom. The number of methoxy groups -OCH3 is 1. The molecule has 3 unspecified atom stereocenters. The van der Waals surface area contributed by atoms with Gasteiger partial charge >= 0.3 is 0 Å². The van der Waals surface area contributed by atoms with Gasteiger partial charge in [0.1, 0.15) is 6.17 Å². The molecule has 3 atom stereocenters. The zero-order valence-electron chi connectivity index (χ0n) is 11.4. The highest BCUT2D eigenvalue weighted by Gasteiger charge is 2.31. The van der Waals surface area contributed by atoms with Crippen LogP contribution in [-0.4, -0.2) is 64.2 Å². The number of hydrogen-bond acceptors (Lipinski definition) is 5. The minimum Gasteiger partial charge on any atom is -0.547 e. The molecule has 0 aliphatic carbocycles. The van der Waals surface area contributed by atoms with Gasteiger partial charge in [-0.25, -0.2) is 4.90 Å². The van der Waals surface area contributed by atoms with Crippen LogP contribution in [0.5, 0.6) is 0 Å². The van der Waals surface area contributed by atoms with Crippen molar-refractivity contribution < 1.29 is 24.3 Å². The lowest BCUT2D eigenvalue weighted by Crippen LogP contribution is -3.11. The monoisotopic (exact) mass is 248 g/mol. The third kappa shape index (κ3) is 6.45. The van der Waals surface area contributed by atoms with Crippen LogP contribution >= 0.6 is 0 Å². The summed E-state index contributed by atoms with van der Waals surface area (Å²) < 4.78 is 8.44. The Labute approximate surface area is 103 Å². The van der Waals surface area contributed by atoms with Crippen LogP contribution in [0.4, 0.5) is 4.79 Å². The maximum Gasteiger partial charge on any atom is 0.252 e. The van der Waals surface area contributed by atoms with Crippen molar-refractivity contribution in [2.45, 2.75) is 26.1 Å². The van der Waals surface area contributed by atoms with Crippen molar-refractivity contribution in [1.29, 1.82) is 0 Å². The lowest BCUT2D eigenvalue weighted by atomic mass is 10.3. The van der Waals surface area contributed by atoms with Gasteiger partial charge in [0.2, 0.25) is 0 Å². The largest absolute Gasteiger partial charge is 0.547 e. The van der Waals surface area contributed by atoms with E-state index in [0.29, 0.717) is 6.17 Å². The number of quaternary nitrogens is 1. The summed E-state index contributed by atoms with van der Waals surface area (Å²) >= 11 is 0. The topological polar surface area (TPSA) is 66.3 Å². The van der Waals surface area contributed by atoms with E-state index in [0.717, 1.165) is 6.04 Å². The van der Waals surface area contributed by atoms with Crippen LogP contribution in [0.25, 0.3) is 0 Å². The number of nitrogens with one attached hydrogen (secondary N) is 1. The third-order valence-electron chi connectivity index (χ3n) is 3.14. The number of likely N-dealkylation sites (N-methyl/N-ethyl adjacent to an activating group) is 2. The number of hydrogen-bond donors (Lipinski definition) is 1. The number of carboxylic acid groups (broad SMARTS) is 1. The lowest BCUT2D eigenvalue weighted by molar-refractivity contribution is -0.896. The first-order valence-corrected chi connectivity index (χ1v) is 5.77. The van der Waals surface area contributed by atoms with Crippen molar-refractivity contribution in [3.63, 3.8) is 0 Å². The highest BCUT2D eigenvalue weighted by molar-refractivity contribution is 5.53. The second-order valence-corrected chi connectivity index (χ2v) is 4.33. The second-order valence-electron chi connectivity index (χ2n) is 4.33. The summed E-state index contributed by atoms with van der Waals surface area (Å²) in [6, 6.07) is 0.764. The van der Waals surface area contributed by atoms with Crippen molar-refractivity contribution in [3.05, 3.63) is 0 Å². The smallest absolute Gasteiger partial charge is 0.252 e. The summed E-state index contributed by atoms with van der Waals surface area (Å²) in [4.78, 5) is 13.5. The molecule has 6 nitrogen and oxygen atoms in total. The first kappa shape index (κ1) is 16.1. The van der Waals surface area contributed by atoms with Gasteiger partial charge in [0.25, 0.3) is 6.16 Å². The Hall–Kier alpha value is -0.850. The fourth-order valence-electron chi connectivity index (χ4n) is 1.72. The van der Waals surface area contributed by atoms with Crippen molar-refractivity contribution in [2.75, 3.05) is 41.0 Å². The highest BCUT2D eigenvalue weighted by Crippen LogP contribution is 2.00. The Bertz CT molecular complexity index is 214. The van der Waals surface area contributed by atoms with E-state index in [-0.39, 0.29) is 13.2 Å². The van der Waals surface area contributed by atoms with Gasteiger partial charge in [0.05, 0.1) is 32.8 Å². The average molecular weight is 248 g/mol. The highest BCUT2D eigenvalue weighted by atomic mass is 16.7. The Morgan fingerprint density at radius 1 is 1.47 bits per heavy atom. The normalized spacial score (nSPS) is 28.4. The third-order valence-corrected chi connectivity index (χ3v) is 3.14. The molecule has 1 rings (SSSR count). The van der Waals surface area contributed by atoms with E-state index in [9.17, 15) is 9.90 Å². The number of nitrogens with zero attached hydrogens (tertiary/aromatic N) is 1. The minimum absolute atomic E-state index is 0.0405. The Kier molecular flexibility index (Phi) is 7.86. The van der Waals surface area contributed by atoms with Crippen LogP contribution in [-0.2, 0) is 9.47 Å². The molecule has 1 N–H and O–H groups in total. The van der Waals surface area contributed by atoms with E-state index in [1.807, 2.05) is 0 Å². The molecule has 1 heterocycles. The predicted molar refractivity (Wildman–Crippen MR) is 61.7 cm³/mol. The van der Waals surface area contributed by atoms with Crippen molar-refractivity contribution in [3.8, 4) is 0 Å². The van der Waals surface area contributed by atoms with Crippen molar-refractivity contribution in [1.82, 2.24) is 4.90 Å². The average Bonchev–Trinajstić information content (AvgIpc) is 2.47. The summed E-state index contributed by atoms with van der Waals surface area (Å²) in [7, 11) is 5.91. The molecule has 1 aliphatic rings. The van der Waals surface area contributed by atoms with Crippen LogP contribution in [0, 0.1) is 0 Å². The van der Waals surface area contributed by atoms with Crippen LogP contribution in [0.3, 0.4) is 0 Å². The maximum atomic E-state index is 9.49. The van der Waals surface area contributed by atoms with E-state index in [4.69, 9.17) is 0 Å². The van der Waals surface area contributed by atoms with Crippen LogP contribution < -0.4 is 10.0 Å². The molecule has 0 radical (unpaired) electrons. The molecule has 0 bridgehead atoms. The molecule has 6 heteroatoms. The molecule has 17 heavy (non-hydrogen) atoms. The molecule has 1 saturated heterocycles. The van der Waals surface area contributed by atoms with Gasteiger partial charge in [-0.1, -0.05) is 0 Å². The van der Waals surface area contributed by atoms with Crippen LogP contribution in [0.15, 0.2) is 0 Å². The SMILES string of the molecule is CC1C[NH+](C)C(C)N1C.COCCOC(=O)[O-]. The molecule has 0 spiro atoms. The van der Waals surface area contributed by atoms with Gasteiger partial charge in [-0.2, -0.15) is 0 Å². The molecule has 0 saturated carbocycles. The molecule has 0 aromatic rings. The lowest BCUT2D eigenvalue weighted by Gasteiger charge is -2.17. The number of ether oxygens (including phenoxy) is 2. The van der Waals surface area contributed by atoms with Gasteiger partial charge in [0, 0.05) is 14.0 Å². The summed E-state index contributed by atoms with van der Waals surface area (Å²) in [5.41, 5.74) is 0. The fourth-order valence-corrected chi connectivity index (χ4v) is 1.72. The van der Waals surface area contributed by atoms with Crippen LogP contribution in [0.2, 0.25) is 0 Å². The number of rotatable bonds is 3. The molecule has 102 valence electrons. The molecular formula is C11H24N2O4. The van der Waals surface area contributed by atoms with Crippen molar-refractivity contribution in [2.24, 2.45) is 0 Å². The van der Waals surface area contributed by atoms with Gasteiger partial charge in [0.15, 0.2) is 0 Å². The van der Waals surface area contributed by atoms with Gasteiger partial charge in [-0.3, -0.25) is 0 Å². The van der Waals surface area contributed by atoms with Gasteiger partial charge in [-0.15, -0.1) is 0 Å². The molecule has 1 aliphatic heterocycles. The maximum absolute atomic E-state index is 9.49. The second kappa shape index (κ2) is 8.27. The number of carbonyl (C=O) groups excluding carboxylic acids is 1. The van der Waals surface area contributed by atoms with E-state index >= 15 is 0 Å². The zero-order valence-corrected chi connectivity index (χ0v) is 11.4. The van der Waals surface area contributed by atoms with Crippen LogP contribution in [0.1, 0.15) is 13.8 Å². The quantitative estimate of drug-likeness (QED) is 0.470. The molecule has 0 aromatic heterocycles. The standard InChI is InChI=1S/C7H16N2.C4H8O4/c1-6-5-8(3)7(2)9(6)4;1-7-2-3-8-4(5)6/h6-7H,5H2,1-4H3;2-3H2,1H3,(H,5,6).